The molecule has 1 N–H and O–H groups in total. The summed E-state index contributed by atoms with van der Waals surface area (Å²) in [7, 11) is 0. The van der Waals surface area contributed by atoms with E-state index in [1.807, 2.05) is 0 Å². The molecular weight excluding hydrogens is 300 g/mol. The van der Waals surface area contributed by atoms with E-state index in [0.717, 1.165) is 31.5 Å². The molecule has 4 nitrogen and oxygen atoms in total. The molecule has 1 aromatic carbocycles. The van der Waals surface area contributed by atoms with Crippen molar-refractivity contribution in [3.63, 3.8) is 0 Å². The lowest BCUT2D eigenvalue weighted by molar-refractivity contribution is -0.115. The summed E-state index contributed by atoms with van der Waals surface area (Å²) in [4.78, 5) is 14.6. The van der Waals surface area contributed by atoms with Gasteiger partial charge in [-0.1, -0.05) is 29.4 Å². The monoisotopic (exact) mass is 318 g/mol. The van der Waals surface area contributed by atoms with Gasteiger partial charge in [0.2, 0.25) is 0 Å². The Labute approximate surface area is 135 Å². The first-order valence-corrected chi connectivity index (χ1v) is 7.61. The van der Waals surface area contributed by atoms with Crippen molar-refractivity contribution in [3.8, 4) is 0 Å². The molecule has 0 saturated heterocycles. The molecule has 3 aliphatic rings. The van der Waals surface area contributed by atoms with Gasteiger partial charge >= 0.3 is 0 Å². The van der Waals surface area contributed by atoms with Crippen LogP contribution in [0.1, 0.15) is 42.9 Å². The van der Waals surface area contributed by atoms with Gasteiger partial charge in [0.1, 0.15) is 0 Å². The van der Waals surface area contributed by atoms with Gasteiger partial charge in [0.05, 0.1) is 17.3 Å². The fourth-order valence-corrected chi connectivity index (χ4v) is 4.01. The second-order valence-corrected chi connectivity index (χ2v) is 6.01. The van der Waals surface area contributed by atoms with Crippen LogP contribution in [0.15, 0.2) is 40.7 Å². The Morgan fingerprint density at radius 1 is 1.18 bits per heavy atom. The van der Waals surface area contributed by atoms with Gasteiger partial charge in [-0.15, -0.1) is 12.4 Å². The molecule has 1 atom stereocenters. The van der Waals surface area contributed by atoms with Crippen LogP contribution >= 0.6 is 12.4 Å². The van der Waals surface area contributed by atoms with Crippen molar-refractivity contribution in [2.75, 3.05) is 6.54 Å². The number of ketones is 1. The Morgan fingerprint density at radius 2 is 2.00 bits per heavy atom. The quantitative estimate of drug-likeness (QED) is 0.590. The Morgan fingerprint density at radius 3 is 2.82 bits per heavy atom. The number of Topliss-reactive ketones (excluding diaryl/α,β-unsaturated/α-hetero) is 1. The zero-order valence-corrected chi connectivity index (χ0v) is 13.1. The maximum Gasteiger partial charge on any atom is 0.166 e. The van der Waals surface area contributed by atoms with Crippen LogP contribution in [0.5, 0.6) is 0 Å². The fourth-order valence-electron chi connectivity index (χ4n) is 4.01. The van der Waals surface area contributed by atoms with Crippen LogP contribution in [-0.4, -0.2) is 28.1 Å². The normalized spacial score (nSPS) is 25.3. The van der Waals surface area contributed by atoms with Crippen LogP contribution in [0.2, 0.25) is 0 Å². The third kappa shape index (κ3) is 2.13. The number of halogens is 1. The number of nitrogens with zero attached hydrogens (tertiary/aromatic N) is 2. The molecule has 2 aliphatic heterocycles. The molecule has 0 aromatic heterocycles. The number of allylic oxidation sites excluding steroid dienone is 2. The lowest BCUT2D eigenvalue weighted by Gasteiger charge is -2.45. The summed E-state index contributed by atoms with van der Waals surface area (Å²) in [6, 6.07) is 8.70. The van der Waals surface area contributed by atoms with Crippen LogP contribution in [0.4, 0.5) is 0 Å². The van der Waals surface area contributed by atoms with E-state index in [0.29, 0.717) is 24.1 Å². The molecule has 4 rings (SSSR count). The average Bonchev–Trinajstić information content (AvgIpc) is 2.54. The first-order chi connectivity index (χ1) is 10.3. The van der Waals surface area contributed by atoms with E-state index in [2.05, 4.69) is 34.3 Å². The van der Waals surface area contributed by atoms with Crippen molar-refractivity contribution in [2.24, 2.45) is 5.16 Å². The van der Waals surface area contributed by atoms with Crippen molar-refractivity contribution in [2.45, 2.75) is 38.1 Å². The standard InChI is InChI=1S/C17H18N2O2.ClH/c20-16-7-3-6-14-17(16)13(18-21)10-15-12-5-2-1-4-11(12)8-9-19(14)15;/h1-2,4-5,15,21H,3,6-10H2;1H. The number of benzene rings is 1. The van der Waals surface area contributed by atoms with Crippen LogP contribution in [-0.2, 0) is 11.2 Å². The summed E-state index contributed by atoms with van der Waals surface area (Å²) in [5, 5.41) is 12.8. The minimum Gasteiger partial charge on any atom is -0.411 e. The largest absolute Gasteiger partial charge is 0.411 e. The molecule has 0 saturated carbocycles. The molecule has 0 bridgehead atoms. The van der Waals surface area contributed by atoms with E-state index < -0.39 is 0 Å². The summed E-state index contributed by atoms with van der Waals surface area (Å²) in [6.45, 7) is 0.951. The highest BCUT2D eigenvalue weighted by atomic mass is 35.5. The lowest BCUT2D eigenvalue weighted by Crippen LogP contribution is -2.43. The predicted molar refractivity (Wildman–Crippen MR) is 86.6 cm³/mol. The highest BCUT2D eigenvalue weighted by Gasteiger charge is 2.39. The molecule has 116 valence electrons. The minimum absolute atomic E-state index is 0. The summed E-state index contributed by atoms with van der Waals surface area (Å²) in [6.07, 6.45) is 4.04. The molecule has 1 aliphatic carbocycles. The fraction of sp³-hybridized carbons (Fsp3) is 0.412. The summed E-state index contributed by atoms with van der Waals surface area (Å²) in [5.74, 6) is 0.140. The van der Waals surface area contributed by atoms with Gasteiger partial charge in [0.15, 0.2) is 5.78 Å². The van der Waals surface area contributed by atoms with E-state index in [1.165, 1.54) is 11.1 Å². The van der Waals surface area contributed by atoms with E-state index in [4.69, 9.17) is 0 Å². The van der Waals surface area contributed by atoms with E-state index in [1.54, 1.807) is 0 Å². The summed E-state index contributed by atoms with van der Waals surface area (Å²) in [5.41, 5.74) is 5.06. The lowest BCUT2D eigenvalue weighted by atomic mass is 9.79. The van der Waals surface area contributed by atoms with Crippen molar-refractivity contribution < 1.29 is 10.0 Å². The van der Waals surface area contributed by atoms with Gasteiger partial charge in [-0.25, -0.2) is 0 Å². The van der Waals surface area contributed by atoms with Gasteiger partial charge in [-0.2, -0.15) is 0 Å². The van der Waals surface area contributed by atoms with E-state index in [-0.39, 0.29) is 24.2 Å². The number of oxime groups is 1. The Kier molecular flexibility index (Phi) is 3.96. The van der Waals surface area contributed by atoms with Gasteiger partial charge in [0, 0.05) is 25.1 Å². The molecule has 0 radical (unpaired) electrons. The number of hydrogen-bond donors (Lipinski definition) is 1. The molecular formula is C17H19ClN2O2. The molecule has 0 fully saturated rings. The van der Waals surface area contributed by atoms with Gasteiger partial charge < -0.3 is 10.1 Å². The number of fused-ring (bicyclic) bond motifs is 4. The minimum atomic E-state index is 0. The zero-order chi connectivity index (χ0) is 14.4. The summed E-state index contributed by atoms with van der Waals surface area (Å²) >= 11 is 0. The average molecular weight is 319 g/mol. The number of carbonyl (C=O) groups is 1. The highest BCUT2D eigenvalue weighted by molar-refractivity contribution is 6.23. The van der Waals surface area contributed by atoms with Crippen molar-refractivity contribution in [1.29, 1.82) is 0 Å². The van der Waals surface area contributed by atoms with Crippen LogP contribution < -0.4 is 0 Å². The van der Waals surface area contributed by atoms with Gasteiger partial charge in [0.25, 0.3) is 0 Å². The smallest absolute Gasteiger partial charge is 0.166 e. The van der Waals surface area contributed by atoms with E-state index in [9.17, 15) is 10.0 Å². The SMILES string of the molecule is Cl.O=C1CCCC2=C1C(=NO)CC1c3ccccc3CCN21. The predicted octanol–water partition coefficient (Wildman–Crippen LogP) is 3.25. The molecule has 1 aromatic rings. The molecule has 0 amide bonds. The summed E-state index contributed by atoms with van der Waals surface area (Å²) < 4.78 is 0. The van der Waals surface area contributed by atoms with Crippen LogP contribution in [0.25, 0.3) is 0 Å². The second kappa shape index (κ2) is 5.76. The molecule has 22 heavy (non-hydrogen) atoms. The Bertz CT molecular complexity index is 681. The Balaban J connectivity index is 0.00000144. The van der Waals surface area contributed by atoms with E-state index >= 15 is 0 Å². The van der Waals surface area contributed by atoms with Gasteiger partial charge in [-0.05, 0) is 30.4 Å². The topological polar surface area (TPSA) is 52.9 Å². The maximum absolute atomic E-state index is 12.2. The van der Waals surface area contributed by atoms with Crippen molar-refractivity contribution >= 4 is 23.9 Å². The number of rotatable bonds is 0. The van der Waals surface area contributed by atoms with Crippen molar-refractivity contribution in [1.82, 2.24) is 4.90 Å². The molecule has 0 spiro atoms. The first kappa shape index (κ1) is 15.1. The number of carbonyl (C=O) groups excluding carboxylic acids is 1. The maximum atomic E-state index is 12.2. The zero-order valence-electron chi connectivity index (χ0n) is 12.3. The van der Waals surface area contributed by atoms with Crippen molar-refractivity contribution in [3.05, 3.63) is 46.7 Å². The molecule has 1 unspecified atom stereocenters. The third-order valence-corrected chi connectivity index (χ3v) is 4.94. The first-order valence-electron chi connectivity index (χ1n) is 7.61. The second-order valence-electron chi connectivity index (χ2n) is 6.01. The van der Waals surface area contributed by atoms with Crippen LogP contribution in [0.3, 0.4) is 0 Å². The molecule has 5 heteroatoms. The number of hydrogen-bond acceptors (Lipinski definition) is 4. The highest BCUT2D eigenvalue weighted by Crippen LogP contribution is 2.43. The molecule has 2 heterocycles. The van der Waals surface area contributed by atoms with Gasteiger partial charge in [-0.3, -0.25) is 4.79 Å². The van der Waals surface area contributed by atoms with Crippen LogP contribution in [0, 0.1) is 0 Å². The third-order valence-electron chi connectivity index (χ3n) is 4.94. The Hall–Kier alpha value is -1.81.